The summed E-state index contributed by atoms with van der Waals surface area (Å²) in [7, 11) is 1.58. The molecule has 7 nitrogen and oxygen atoms in total. The Morgan fingerprint density at radius 3 is 2.69 bits per heavy atom. The van der Waals surface area contributed by atoms with Gasteiger partial charge in [0.05, 0.1) is 30.2 Å². The van der Waals surface area contributed by atoms with Gasteiger partial charge in [-0.2, -0.15) is 13.2 Å². The van der Waals surface area contributed by atoms with Gasteiger partial charge in [-0.25, -0.2) is 4.98 Å². The molecule has 1 saturated heterocycles. The van der Waals surface area contributed by atoms with Crippen LogP contribution in [-0.4, -0.2) is 70.5 Å². The predicted molar refractivity (Wildman–Crippen MR) is 157 cm³/mol. The van der Waals surface area contributed by atoms with Crippen molar-refractivity contribution in [3.05, 3.63) is 77.7 Å². The van der Waals surface area contributed by atoms with Crippen molar-refractivity contribution in [2.75, 3.05) is 33.4 Å². The number of alkyl halides is 3. The topological polar surface area (TPSA) is 79.6 Å². The van der Waals surface area contributed by atoms with Crippen molar-refractivity contribution in [2.24, 2.45) is 0 Å². The Bertz CT molecular complexity index is 1330. The van der Waals surface area contributed by atoms with Gasteiger partial charge in [0.25, 0.3) is 5.91 Å². The molecule has 1 saturated carbocycles. The first-order chi connectivity index (χ1) is 19.7. The molecule has 0 spiro atoms. The second-order valence-corrected chi connectivity index (χ2v) is 11.1. The van der Waals surface area contributed by atoms with Crippen LogP contribution in [0, 0.1) is 0 Å². The first kappa shape index (κ1) is 32.0. The second kappa shape index (κ2) is 13.6. The number of halogens is 4. The summed E-state index contributed by atoms with van der Waals surface area (Å²) in [5, 5.41) is 14.9. The molecule has 3 atom stereocenters. The molecule has 0 unspecified atom stereocenters. The van der Waals surface area contributed by atoms with Crippen LogP contribution in [0.15, 0.2) is 60.9 Å². The average Bonchev–Trinajstić information content (AvgIpc) is 3.41. The third-order valence-corrected chi connectivity index (χ3v) is 8.36. The molecule has 2 aliphatic rings. The number of benzene rings is 2. The number of rotatable bonds is 8. The van der Waals surface area contributed by atoms with Gasteiger partial charge in [0.15, 0.2) is 5.69 Å². The third-order valence-electron chi connectivity index (χ3n) is 8.36. The van der Waals surface area contributed by atoms with Crippen LogP contribution in [0.5, 0.6) is 0 Å². The molecule has 1 aromatic heterocycles. The molecule has 1 aliphatic carbocycles. The highest BCUT2D eigenvalue weighted by atomic mass is 35.5. The van der Waals surface area contributed by atoms with Crippen molar-refractivity contribution in [1.82, 2.24) is 19.8 Å². The summed E-state index contributed by atoms with van der Waals surface area (Å²) in [4.78, 5) is 20.6. The Morgan fingerprint density at radius 1 is 1.17 bits per heavy atom. The van der Waals surface area contributed by atoms with E-state index in [1.54, 1.807) is 24.4 Å². The normalized spacial score (nSPS) is 22.9. The van der Waals surface area contributed by atoms with Crippen LogP contribution in [-0.2, 0) is 17.3 Å². The van der Waals surface area contributed by atoms with Crippen molar-refractivity contribution in [2.45, 2.75) is 62.4 Å². The van der Waals surface area contributed by atoms with E-state index in [9.17, 15) is 23.1 Å². The van der Waals surface area contributed by atoms with Crippen molar-refractivity contribution in [3.8, 4) is 11.3 Å². The molecule has 0 radical (unpaired) electrons. The Hall–Kier alpha value is -2.92. The average molecular weight is 607 g/mol. The maximum absolute atomic E-state index is 14.2. The lowest BCUT2D eigenvalue weighted by molar-refractivity contribution is -0.137. The lowest BCUT2D eigenvalue weighted by Crippen LogP contribution is -2.54. The summed E-state index contributed by atoms with van der Waals surface area (Å²) < 4.78 is 47.0. The predicted octanol–water partition coefficient (Wildman–Crippen LogP) is 5.53. The number of ether oxygens (including phenoxy) is 1. The Labute approximate surface area is 250 Å². The number of piperazine rings is 1. The van der Waals surface area contributed by atoms with Gasteiger partial charge >= 0.3 is 6.18 Å². The molecule has 2 N–H and O–H groups in total. The highest BCUT2D eigenvalue weighted by Crippen LogP contribution is 2.41. The molecule has 42 heavy (non-hydrogen) atoms. The summed E-state index contributed by atoms with van der Waals surface area (Å²) in [5.41, 5.74) is 0.634. The summed E-state index contributed by atoms with van der Waals surface area (Å²) >= 11 is 0. The molecule has 1 amide bonds. The standard InChI is InChI=1S/C31H37F3N4O3.ClH/c1-41-20-30(40)15-6-5-12-26(30)38-21-36-27(28(38)23-9-3-2-4-10-23)29(39)37-17-16-35-19-25(37)14-13-22-8-7-11-24(18-22)31(32,33)34;/h2-4,7-11,18,21,25-26,35,40H,5-6,12-17,19-20H2,1H3;1H/t25-,26+,30+;/m0./s1. The van der Waals surface area contributed by atoms with Crippen molar-refractivity contribution >= 4 is 18.3 Å². The number of imidazole rings is 1. The third kappa shape index (κ3) is 6.83. The highest BCUT2D eigenvalue weighted by molar-refractivity contribution is 5.98. The Balaban J connectivity index is 0.00000405. The molecule has 1 aliphatic heterocycles. The minimum Gasteiger partial charge on any atom is -0.385 e. The minimum atomic E-state index is -4.40. The first-order valence-corrected chi connectivity index (χ1v) is 14.2. The maximum Gasteiger partial charge on any atom is 0.416 e. The number of aromatic nitrogens is 2. The lowest BCUT2D eigenvalue weighted by atomic mass is 9.80. The summed E-state index contributed by atoms with van der Waals surface area (Å²) in [6.07, 6.45) is 1.35. The van der Waals surface area contributed by atoms with Gasteiger partial charge in [-0.1, -0.05) is 61.4 Å². The number of nitrogens with zero attached hydrogens (tertiary/aromatic N) is 3. The zero-order valence-electron chi connectivity index (χ0n) is 23.6. The fourth-order valence-corrected chi connectivity index (χ4v) is 6.31. The SMILES string of the molecule is COC[C@]1(O)CCCC[C@H]1n1cnc(C(=O)N2CCNC[C@@H]2CCc2cccc(C(F)(F)F)c2)c1-c1ccccc1.Cl. The quantitative estimate of drug-likeness (QED) is 0.353. The van der Waals surface area contributed by atoms with E-state index in [0.717, 1.165) is 30.9 Å². The van der Waals surface area contributed by atoms with Gasteiger partial charge in [-0.15, -0.1) is 12.4 Å². The number of carbonyl (C=O) groups excluding carboxylic acids is 1. The molecule has 2 aromatic carbocycles. The number of hydrogen-bond acceptors (Lipinski definition) is 5. The van der Waals surface area contributed by atoms with Crippen molar-refractivity contribution in [1.29, 1.82) is 0 Å². The van der Waals surface area contributed by atoms with Crippen LogP contribution in [0.3, 0.4) is 0 Å². The molecular weight excluding hydrogens is 569 g/mol. The van der Waals surface area contributed by atoms with Crippen molar-refractivity contribution in [3.63, 3.8) is 0 Å². The van der Waals surface area contributed by atoms with Crippen LogP contribution in [0.1, 0.15) is 59.8 Å². The van der Waals surface area contributed by atoms with Gasteiger partial charge in [0.2, 0.25) is 0 Å². The molecule has 2 fully saturated rings. The summed E-state index contributed by atoms with van der Waals surface area (Å²) in [6.45, 7) is 1.80. The smallest absolute Gasteiger partial charge is 0.385 e. The monoisotopic (exact) mass is 606 g/mol. The molecule has 11 heteroatoms. The van der Waals surface area contributed by atoms with E-state index in [4.69, 9.17) is 4.74 Å². The van der Waals surface area contributed by atoms with E-state index in [1.807, 2.05) is 34.9 Å². The summed E-state index contributed by atoms with van der Waals surface area (Å²) in [5.74, 6) is -0.218. The first-order valence-electron chi connectivity index (χ1n) is 14.2. The number of hydrogen-bond donors (Lipinski definition) is 2. The van der Waals surface area contributed by atoms with Crippen molar-refractivity contribution < 1.29 is 27.8 Å². The fraction of sp³-hybridized carbons (Fsp3) is 0.484. The lowest BCUT2D eigenvalue weighted by Gasteiger charge is -2.41. The van der Waals surface area contributed by atoms with Crippen LogP contribution >= 0.6 is 12.4 Å². The van der Waals surface area contributed by atoms with Crippen LogP contribution < -0.4 is 5.32 Å². The number of aryl methyl sites for hydroxylation is 1. The second-order valence-electron chi connectivity index (χ2n) is 11.1. The van der Waals surface area contributed by atoms with E-state index in [-0.39, 0.29) is 37.0 Å². The Morgan fingerprint density at radius 2 is 1.95 bits per heavy atom. The van der Waals surface area contributed by atoms with Gasteiger partial charge in [-0.05, 0) is 37.3 Å². The van der Waals surface area contributed by atoms with E-state index in [0.29, 0.717) is 55.8 Å². The largest absolute Gasteiger partial charge is 0.416 e. The number of amides is 1. The maximum atomic E-state index is 14.2. The zero-order chi connectivity index (χ0) is 29.0. The van der Waals surface area contributed by atoms with Gasteiger partial charge in [0.1, 0.15) is 5.60 Å². The van der Waals surface area contributed by atoms with Gasteiger partial charge in [-0.3, -0.25) is 4.79 Å². The molecule has 0 bridgehead atoms. The molecule has 3 aromatic rings. The highest BCUT2D eigenvalue weighted by Gasteiger charge is 2.42. The molecule has 2 heterocycles. The van der Waals surface area contributed by atoms with E-state index in [2.05, 4.69) is 10.3 Å². The number of carbonyl (C=O) groups is 1. The van der Waals surface area contributed by atoms with E-state index in [1.165, 1.54) is 12.1 Å². The molecule has 228 valence electrons. The zero-order valence-corrected chi connectivity index (χ0v) is 24.5. The number of methoxy groups -OCH3 is 1. The number of aliphatic hydroxyl groups is 1. The van der Waals surface area contributed by atoms with E-state index >= 15 is 0 Å². The molecular formula is C31H38ClF3N4O3. The van der Waals surface area contributed by atoms with Gasteiger partial charge in [0, 0.05) is 38.3 Å². The van der Waals surface area contributed by atoms with E-state index < -0.39 is 17.3 Å². The summed E-state index contributed by atoms with van der Waals surface area (Å²) in [6, 6.07) is 14.5. The minimum absolute atomic E-state index is 0. The van der Waals surface area contributed by atoms with Crippen LogP contribution in [0.25, 0.3) is 11.3 Å². The Kier molecular flexibility index (Phi) is 10.4. The van der Waals surface area contributed by atoms with Gasteiger partial charge < -0.3 is 24.6 Å². The fourth-order valence-electron chi connectivity index (χ4n) is 6.31. The number of nitrogens with one attached hydrogen (secondary N) is 1. The van der Waals surface area contributed by atoms with Crippen LogP contribution in [0.2, 0.25) is 0 Å². The van der Waals surface area contributed by atoms with Crippen LogP contribution in [0.4, 0.5) is 13.2 Å². The molecule has 5 rings (SSSR count).